The molecule has 6 heteroatoms. The van der Waals surface area contributed by atoms with Crippen molar-refractivity contribution in [2.75, 3.05) is 12.8 Å². The van der Waals surface area contributed by atoms with Crippen LogP contribution in [0.5, 0.6) is 0 Å². The number of anilines is 1. The first-order valence-electron chi connectivity index (χ1n) is 5.01. The SMILES string of the molecule is CC(C)N(C)C(=O)Cn1nc(N)ccc1=O. The number of carbonyl (C=O) groups is 1. The van der Waals surface area contributed by atoms with Crippen molar-refractivity contribution in [2.24, 2.45) is 0 Å². The quantitative estimate of drug-likeness (QED) is 0.763. The van der Waals surface area contributed by atoms with Crippen LogP contribution in [0.25, 0.3) is 0 Å². The van der Waals surface area contributed by atoms with E-state index < -0.39 is 0 Å². The Labute approximate surface area is 93.7 Å². The first-order valence-corrected chi connectivity index (χ1v) is 5.01. The van der Waals surface area contributed by atoms with Crippen LogP contribution < -0.4 is 11.3 Å². The van der Waals surface area contributed by atoms with Gasteiger partial charge in [0.15, 0.2) is 0 Å². The van der Waals surface area contributed by atoms with E-state index in [0.29, 0.717) is 0 Å². The minimum atomic E-state index is -0.334. The van der Waals surface area contributed by atoms with E-state index in [0.717, 1.165) is 4.68 Å². The molecule has 0 radical (unpaired) electrons. The third kappa shape index (κ3) is 2.82. The third-order valence-corrected chi connectivity index (χ3v) is 2.34. The fourth-order valence-electron chi connectivity index (χ4n) is 1.11. The molecule has 0 aliphatic rings. The lowest BCUT2D eigenvalue weighted by atomic mass is 10.3. The number of hydrogen-bond donors (Lipinski definition) is 1. The zero-order chi connectivity index (χ0) is 12.3. The van der Waals surface area contributed by atoms with Crippen LogP contribution in [0.3, 0.4) is 0 Å². The number of likely N-dealkylation sites (N-methyl/N-ethyl adjacent to an activating group) is 1. The smallest absolute Gasteiger partial charge is 0.267 e. The van der Waals surface area contributed by atoms with Crippen LogP contribution in [0.4, 0.5) is 5.82 Å². The molecule has 1 rings (SSSR count). The van der Waals surface area contributed by atoms with E-state index in [1.165, 1.54) is 12.1 Å². The Balaban J connectivity index is 2.85. The summed E-state index contributed by atoms with van der Waals surface area (Å²) in [6.07, 6.45) is 0. The number of amides is 1. The highest BCUT2D eigenvalue weighted by Gasteiger charge is 2.13. The van der Waals surface area contributed by atoms with E-state index in [4.69, 9.17) is 5.73 Å². The molecule has 1 aromatic rings. The molecule has 0 saturated carbocycles. The van der Waals surface area contributed by atoms with Gasteiger partial charge in [-0.2, -0.15) is 5.10 Å². The van der Waals surface area contributed by atoms with Gasteiger partial charge in [0, 0.05) is 19.2 Å². The van der Waals surface area contributed by atoms with Crippen molar-refractivity contribution >= 4 is 11.7 Å². The van der Waals surface area contributed by atoms with Gasteiger partial charge in [0.2, 0.25) is 5.91 Å². The van der Waals surface area contributed by atoms with Crippen LogP contribution in [-0.2, 0) is 11.3 Å². The summed E-state index contributed by atoms with van der Waals surface area (Å²) in [7, 11) is 1.68. The molecule has 1 aromatic heterocycles. The Morgan fingerprint density at radius 1 is 1.56 bits per heavy atom. The molecule has 6 nitrogen and oxygen atoms in total. The maximum absolute atomic E-state index is 11.7. The van der Waals surface area contributed by atoms with E-state index >= 15 is 0 Å². The Hall–Kier alpha value is -1.85. The van der Waals surface area contributed by atoms with E-state index in [-0.39, 0.29) is 29.9 Å². The lowest BCUT2D eigenvalue weighted by Crippen LogP contribution is -2.38. The van der Waals surface area contributed by atoms with Crippen molar-refractivity contribution in [3.05, 3.63) is 22.5 Å². The van der Waals surface area contributed by atoms with Gasteiger partial charge in [-0.15, -0.1) is 0 Å². The number of carbonyl (C=O) groups excluding carboxylic acids is 1. The molecule has 0 aliphatic carbocycles. The topological polar surface area (TPSA) is 81.2 Å². The van der Waals surface area contributed by atoms with Crippen LogP contribution in [0.1, 0.15) is 13.8 Å². The summed E-state index contributed by atoms with van der Waals surface area (Å²) >= 11 is 0. The number of aromatic nitrogens is 2. The Kier molecular flexibility index (Phi) is 3.65. The molecule has 0 spiro atoms. The average Bonchev–Trinajstić information content (AvgIpc) is 2.22. The van der Waals surface area contributed by atoms with Crippen molar-refractivity contribution in [1.29, 1.82) is 0 Å². The van der Waals surface area contributed by atoms with Gasteiger partial charge in [0.1, 0.15) is 12.4 Å². The molecule has 0 unspecified atom stereocenters. The summed E-state index contributed by atoms with van der Waals surface area (Å²) in [5, 5.41) is 3.79. The van der Waals surface area contributed by atoms with Gasteiger partial charge < -0.3 is 10.6 Å². The number of nitrogen functional groups attached to an aromatic ring is 1. The molecule has 16 heavy (non-hydrogen) atoms. The van der Waals surface area contributed by atoms with Gasteiger partial charge in [-0.25, -0.2) is 4.68 Å². The highest BCUT2D eigenvalue weighted by atomic mass is 16.2. The molecule has 88 valence electrons. The van der Waals surface area contributed by atoms with Crippen LogP contribution in [-0.4, -0.2) is 33.7 Å². The summed E-state index contributed by atoms with van der Waals surface area (Å²) in [6.45, 7) is 3.71. The van der Waals surface area contributed by atoms with Crippen LogP contribution in [0.15, 0.2) is 16.9 Å². The maximum Gasteiger partial charge on any atom is 0.267 e. The van der Waals surface area contributed by atoms with Gasteiger partial charge in [0.25, 0.3) is 5.56 Å². The van der Waals surface area contributed by atoms with Crippen LogP contribution in [0.2, 0.25) is 0 Å². The van der Waals surface area contributed by atoms with Crippen molar-refractivity contribution in [2.45, 2.75) is 26.4 Å². The molecule has 0 atom stereocenters. The zero-order valence-electron chi connectivity index (χ0n) is 9.67. The summed E-state index contributed by atoms with van der Waals surface area (Å²) < 4.78 is 1.07. The van der Waals surface area contributed by atoms with Gasteiger partial charge in [-0.3, -0.25) is 9.59 Å². The number of hydrogen-bond acceptors (Lipinski definition) is 4. The molecule has 1 heterocycles. The lowest BCUT2D eigenvalue weighted by Gasteiger charge is -2.21. The van der Waals surface area contributed by atoms with Crippen LogP contribution in [0, 0.1) is 0 Å². The Morgan fingerprint density at radius 2 is 2.19 bits per heavy atom. The third-order valence-electron chi connectivity index (χ3n) is 2.34. The molecule has 0 aliphatic heterocycles. The normalized spacial score (nSPS) is 10.5. The monoisotopic (exact) mass is 224 g/mol. The summed E-state index contributed by atoms with van der Waals surface area (Å²) in [5.41, 5.74) is 5.11. The second-order valence-corrected chi connectivity index (χ2v) is 3.85. The van der Waals surface area contributed by atoms with E-state index in [1.807, 2.05) is 13.8 Å². The second kappa shape index (κ2) is 4.78. The van der Waals surface area contributed by atoms with Crippen molar-refractivity contribution < 1.29 is 4.79 Å². The van der Waals surface area contributed by atoms with Crippen molar-refractivity contribution in [3.63, 3.8) is 0 Å². The first kappa shape index (κ1) is 12.2. The molecule has 0 fully saturated rings. The molecular formula is C10H16N4O2. The van der Waals surface area contributed by atoms with E-state index in [2.05, 4.69) is 5.10 Å². The standard InChI is InChI=1S/C10H16N4O2/c1-7(2)13(3)10(16)6-14-9(15)5-4-8(11)12-14/h4-5,7H,6H2,1-3H3,(H2,11,12). The van der Waals surface area contributed by atoms with Crippen LogP contribution >= 0.6 is 0 Å². The summed E-state index contributed by atoms with van der Waals surface area (Å²) in [5.74, 6) is 0.0507. The van der Waals surface area contributed by atoms with E-state index in [9.17, 15) is 9.59 Å². The molecule has 1 amide bonds. The molecule has 0 bridgehead atoms. The minimum absolute atomic E-state index is 0.0848. The summed E-state index contributed by atoms with van der Waals surface area (Å²) in [6, 6.07) is 2.80. The zero-order valence-corrected chi connectivity index (χ0v) is 9.67. The number of nitrogens with two attached hydrogens (primary N) is 1. The number of rotatable bonds is 3. The first-order chi connectivity index (χ1) is 7.41. The number of nitrogens with zero attached hydrogens (tertiary/aromatic N) is 3. The molecule has 0 saturated heterocycles. The fraction of sp³-hybridized carbons (Fsp3) is 0.500. The largest absolute Gasteiger partial charge is 0.382 e. The Bertz CT molecular complexity index is 439. The highest BCUT2D eigenvalue weighted by molar-refractivity contribution is 5.75. The minimum Gasteiger partial charge on any atom is -0.382 e. The van der Waals surface area contributed by atoms with Gasteiger partial charge in [-0.1, -0.05) is 0 Å². The van der Waals surface area contributed by atoms with Gasteiger partial charge >= 0.3 is 0 Å². The predicted molar refractivity (Wildman–Crippen MR) is 60.8 cm³/mol. The predicted octanol–water partition coefficient (Wildman–Crippen LogP) is -0.308. The second-order valence-electron chi connectivity index (χ2n) is 3.85. The highest BCUT2D eigenvalue weighted by Crippen LogP contribution is 1.96. The Morgan fingerprint density at radius 3 is 2.75 bits per heavy atom. The maximum atomic E-state index is 11.7. The van der Waals surface area contributed by atoms with Gasteiger partial charge in [-0.05, 0) is 19.9 Å². The summed E-state index contributed by atoms with van der Waals surface area (Å²) in [4.78, 5) is 24.6. The van der Waals surface area contributed by atoms with Crippen molar-refractivity contribution in [1.82, 2.24) is 14.7 Å². The average molecular weight is 224 g/mol. The molecule has 0 aromatic carbocycles. The molecular weight excluding hydrogens is 208 g/mol. The van der Waals surface area contributed by atoms with Crippen molar-refractivity contribution in [3.8, 4) is 0 Å². The fourth-order valence-corrected chi connectivity index (χ4v) is 1.11. The lowest BCUT2D eigenvalue weighted by molar-refractivity contribution is -0.132. The van der Waals surface area contributed by atoms with E-state index in [1.54, 1.807) is 11.9 Å². The van der Waals surface area contributed by atoms with Gasteiger partial charge in [0.05, 0.1) is 0 Å². The molecule has 2 N–H and O–H groups in total.